The van der Waals surface area contributed by atoms with Crippen LogP contribution >= 0.6 is 7.60 Å². The zero-order chi connectivity index (χ0) is 12.0. The summed E-state index contributed by atoms with van der Waals surface area (Å²) in [7, 11) is -3.83. The molecule has 0 aromatic heterocycles. The molecule has 0 spiro atoms. The zero-order valence-electron chi connectivity index (χ0n) is 10.3. The maximum Gasteiger partial charge on any atom is 0.325 e. The molecular formula is C12H25O3P. The molecule has 16 heavy (non-hydrogen) atoms. The summed E-state index contributed by atoms with van der Waals surface area (Å²) in [5.74, 6) is 0.814. The number of hydrogen-bond acceptors (Lipinski definition) is 1. The summed E-state index contributed by atoms with van der Waals surface area (Å²) in [6.07, 6.45) is 9.45. The molecule has 0 aromatic carbocycles. The van der Waals surface area contributed by atoms with Gasteiger partial charge in [0.15, 0.2) is 0 Å². The molecule has 0 heterocycles. The minimum atomic E-state index is -3.83. The fourth-order valence-corrected chi connectivity index (χ4v) is 3.95. The topological polar surface area (TPSA) is 57.5 Å². The standard InChI is InChI=1S/C12H25O3P/c1-2-3-7-12(10-16(13,14)15)11-8-5-4-6-9-11/h11-12H,2-10H2,1H3,(H2,13,14,15). The van der Waals surface area contributed by atoms with E-state index in [0.29, 0.717) is 5.92 Å². The third-order valence-corrected chi connectivity index (χ3v) is 4.66. The Morgan fingerprint density at radius 3 is 2.38 bits per heavy atom. The van der Waals surface area contributed by atoms with Crippen LogP contribution < -0.4 is 0 Å². The van der Waals surface area contributed by atoms with Gasteiger partial charge in [-0.05, 0) is 18.3 Å². The summed E-state index contributed by atoms with van der Waals surface area (Å²) in [4.78, 5) is 18.3. The van der Waals surface area contributed by atoms with E-state index >= 15 is 0 Å². The van der Waals surface area contributed by atoms with E-state index in [4.69, 9.17) is 9.79 Å². The van der Waals surface area contributed by atoms with Gasteiger partial charge in [0.2, 0.25) is 0 Å². The van der Waals surface area contributed by atoms with E-state index in [0.717, 1.165) is 19.3 Å². The minimum absolute atomic E-state index is 0.109. The van der Waals surface area contributed by atoms with Crippen molar-refractivity contribution in [3.8, 4) is 0 Å². The molecule has 0 aromatic rings. The number of rotatable bonds is 6. The van der Waals surface area contributed by atoms with Gasteiger partial charge in [-0.1, -0.05) is 51.9 Å². The Balaban J connectivity index is 2.50. The van der Waals surface area contributed by atoms with Crippen LogP contribution in [0.2, 0.25) is 0 Å². The third kappa shape index (κ3) is 5.47. The van der Waals surface area contributed by atoms with E-state index in [-0.39, 0.29) is 12.1 Å². The average molecular weight is 248 g/mol. The van der Waals surface area contributed by atoms with Crippen LogP contribution in [0, 0.1) is 11.8 Å². The van der Waals surface area contributed by atoms with Gasteiger partial charge in [0.1, 0.15) is 0 Å². The van der Waals surface area contributed by atoms with Crippen LogP contribution in [0.25, 0.3) is 0 Å². The fraction of sp³-hybridized carbons (Fsp3) is 1.00. The van der Waals surface area contributed by atoms with Gasteiger partial charge in [-0.25, -0.2) is 0 Å². The number of unbranched alkanes of at least 4 members (excludes halogenated alkanes) is 1. The summed E-state index contributed by atoms with van der Waals surface area (Å²) < 4.78 is 11.1. The lowest BCUT2D eigenvalue weighted by Crippen LogP contribution is -2.21. The highest BCUT2D eigenvalue weighted by Gasteiger charge is 2.28. The summed E-state index contributed by atoms with van der Waals surface area (Å²) in [6, 6.07) is 0. The predicted molar refractivity (Wildman–Crippen MR) is 66.5 cm³/mol. The molecule has 1 aliphatic carbocycles. The van der Waals surface area contributed by atoms with E-state index in [1.54, 1.807) is 0 Å². The van der Waals surface area contributed by atoms with Crippen LogP contribution in [-0.4, -0.2) is 15.9 Å². The first-order valence-electron chi connectivity index (χ1n) is 6.57. The van der Waals surface area contributed by atoms with Crippen LogP contribution in [0.4, 0.5) is 0 Å². The Hall–Kier alpha value is 0.150. The summed E-state index contributed by atoms with van der Waals surface area (Å²) in [5.41, 5.74) is 0. The van der Waals surface area contributed by atoms with E-state index in [1.165, 1.54) is 32.1 Å². The molecule has 96 valence electrons. The monoisotopic (exact) mass is 248 g/mol. The van der Waals surface area contributed by atoms with Crippen LogP contribution in [0.15, 0.2) is 0 Å². The highest BCUT2D eigenvalue weighted by Crippen LogP contribution is 2.43. The largest absolute Gasteiger partial charge is 0.325 e. The lowest BCUT2D eigenvalue weighted by atomic mass is 9.79. The minimum Gasteiger partial charge on any atom is -0.324 e. The first-order chi connectivity index (χ1) is 7.53. The van der Waals surface area contributed by atoms with Gasteiger partial charge in [-0.15, -0.1) is 0 Å². The molecule has 0 aliphatic heterocycles. The average Bonchev–Trinajstić information content (AvgIpc) is 2.24. The van der Waals surface area contributed by atoms with Crippen molar-refractivity contribution in [1.82, 2.24) is 0 Å². The van der Waals surface area contributed by atoms with Gasteiger partial charge in [0.05, 0.1) is 6.16 Å². The fourth-order valence-electron chi connectivity index (χ4n) is 2.85. The molecule has 4 heteroatoms. The molecule has 2 N–H and O–H groups in total. The van der Waals surface area contributed by atoms with Crippen molar-refractivity contribution in [2.45, 2.75) is 58.3 Å². The third-order valence-electron chi connectivity index (χ3n) is 3.72. The molecule has 1 fully saturated rings. The summed E-state index contributed by atoms with van der Waals surface area (Å²) >= 11 is 0. The molecular weight excluding hydrogens is 223 g/mol. The van der Waals surface area contributed by atoms with Crippen molar-refractivity contribution in [1.29, 1.82) is 0 Å². The molecule has 0 amide bonds. The lowest BCUT2D eigenvalue weighted by Gasteiger charge is -2.30. The highest BCUT2D eigenvalue weighted by atomic mass is 31.2. The number of hydrogen-bond donors (Lipinski definition) is 2. The summed E-state index contributed by atoms with van der Waals surface area (Å²) in [5, 5.41) is 0. The molecule has 1 rings (SSSR count). The Bertz CT molecular complexity index is 230. The van der Waals surface area contributed by atoms with Crippen LogP contribution in [0.3, 0.4) is 0 Å². The molecule has 1 aliphatic rings. The Morgan fingerprint density at radius 2 is 1.88 bits per heavy atom. The van der Waals surface area contributed by atoms with Crippen LogP contribution in [0.5, 0.6) is 0 Å². The van der Waals surface area contributed by atoms with Gasteiger partial charge in [0.25, 0.3) is 0 Å². The van der Waals surface area contributed by atoms with E-state index < -0.39 is 7.60 Å². The smallest absolute Gasteiger partial charge is 0.324 e. The first-order valence-corrected chi connectivity index (χ1v) is 8.37. The van der Waals surface area contributed by atoms with Crippen LogP contribution in [0.1, 0.15) is 58.3 Å². The highest BCUT2D eigenvalue weighted by molar-refractivity contribution is 7.51. The van der Waals surface area contributed by atoms with Crippen molar-refractivity contribution < 1.29 is 14.4 Å². The predicted octanol–water partition coefficient (Wildman–Crippen LogP) is 3.55. The lowest BCUT2D eigenvalue weighted by molar-refractivity contribution is 0.239. The molecule has 0 radical (unpaired) electrons. The van der Waals surface area contributed by atoms with Gasteiger partial charge >= 0.3 is 7.60 Å². The zero-order valence-corrected chi connectivity index (χ0v) is 11.2. The van der Waals surface area contributed by atoms with Crippen molar-refractivity contribution in [2.24, 2.45) is 11.8 Å². The van der Waals surface area contributed by atoms with Crippen LogP contribution in [-0.2, 0) is 4.57 Å². The van der Waals surface area contributed by atoms with Crippen molar-refractivity contribution in [2.75, 3.05) is 6.16 Å². The quantitative estimate of drug-likeness (QED) is 0.707. The van der Waals surface area contributed by atoms with Crippen molar-refractivity contribution in [3.63, 3.8) is 0 Å². The molecule has 0 saturated heterocycles. The Labute approximate surface area is 98.8 Å². The van der Waals surface area contributed by atoms with E-state index in [1.807, 2.05) is 0 Å². The second kappa shape index (κ2) is 6.78. The van der Waals surface area contributed by atoms with E-state index in [9.17, 15) is 4.57 Å². The molecule has 1 atom stereocenters. The second-order valence-electron chi connectivity index (χ2n) is 5.15. The SMILES string of the molecule is CCCCC(CP(=O)(O)O)C1CCCCC1. The van der Waals surface area contributed by atoms with Crippen molar-refractivity contribution in [3.05, 3.63) is 0 Å². The Morgan fingerprint density at radius 1 is 1.25 bits per heavy atom. The normalized spacial score (nSPS) is 20.9. The van der Waals surface area contributed by atoms with E-state index in [2.05, 4.69) is 6.92 Å². The van der Waals surface area contributed by atoms with Gasteiger partial charge in [-0.3, -0.25) is 4.57 Å². The maximum absolute atomic E-state index is 11.1. The Kier molecular flexibility index (Phi) is 6.02. The van der Waals surface area contributed by atoms with Gasteiger partial charge in [0, 0.05) is 0 Å². The molecule has 0 bridgehead atoms. The summed E-state index contributed by atoms with van der Waals surface area (Å²) in [6.45, 7) is 2.13. The maximum atomic E-state index is 11.1. The second-order valence-corrected chi connectivity index (χ2v) is 6.84. The first kappa shape index (κ1) is 14.2. The molecule has 1 unspecified atom stereocenters. The van der Waals surface area contributed by atoms with Gasteiger partial charge in [-0.2, -0.15) is 0 Å². The van der Waals surface area contributed by atoms with Gasteiger partial charge < -0.3 is 9.79 Å². The molecule has 1 saturated carbocycles. The van der Waals surface area contributed by atoms with Crippen molar-refractivity contribution >= 4 is 7.60 Å². The molecule has 3 nitrogen and oxygen atoms in total.